The Morgan fingerprint density at radius 2 is 1.80 bits per heavy atom. The van der Waals surface area contributed by atoms with Crippen molar-refractivity contribution in [1.82, 2.24) is 9.99 Å². The summed E-state index contributed by atoms with van der Waals surface area (Å²) in [5, 5.41) is 4.74. The second-order valence-corrected chi connectivity index (χ2v) is 12.2. The molecule has 0 saturated heterocycles. The normalized spacial score (nSPS) is 11.6. The Hall–Kier alpha value is -3.60. The van der Waals surface area contributed by atoms with Crippen molar-refractivity contribution >= 4 is 55.4 Å². The Bertz CT molecular complexity index is 1680. The van der Waals surface area contributed by atoms with Gasteiger partial charge in [0, 0.05) is 27.7 Å². The molecule has 4 aromatic rings. The van der Waals surface area contributed by atoms with E-state index in [1.54, 1.807) is 30.3 Å². The number of ether oxygens (including phenoxy) is 1. The van der Waals surface area contributed by atoms with Crippen molar-refractivity contribution in [2.75, 3.05) is 18.0 Å². The van der Waals surface area contributed by atoms with Crippen LogP contribution in [0.25, 0.3) is 5.69 Å². The van der Waals surface area contributed by atoms with Gasteiger partial charge in [-0.3, -0.25) is 9.10 Å². The number of methoxy groups -OCH3 is 1. The van der Waals surface area contributed by atoms with Crippen LogP contribution in [-0.2, 0) is 14.8 Å². The lowest BCUT2D eigenvalue weighted by Gasteiger charge is -2.24. The number of halogens is 2. The minimum Gasteiger partial charge on any atom is -0.496 e. The number of nitrogens with one attached hydrogen (secondary N) is 1. The number of hydrogen-bond donors (Lipinski definition) is 1. The lowest BCUT2D eigenvalue weighted by Crippen LogP contribution is -2.39. The van der Waals surface area contributed by atoms with E-state index in [0.717, 1.165) is 32.5 Å². The molecule has 1 aromatic heterocycles. The number of hydrogen-bond acceptors (Lipinski definition) is 5. The molecule has 1 N–H and O–H groups in total. The summed E-state index contributed by atoms with van der Waals surface area (Å²) in [4.78, 5) is 13.0. The molecule has 1 amide bonds. The molecule has 0 radical (unpaired) electrons. The summed E-state index contributed by atoms with van der Waals surface area (Å²) >= 11 is 9.51. The van der Waals surface area contributed by atoms with Gasteiger partial charge in [0.15, 0.2) is 0 Å². The molecule has 0 aliphatic heterocycles. The van der Waals surface area contributed by atoms with E-state index in [2.05, 4.69) is 26.5 Å². The molecule has 0 fully saturated rings. The average molecular weight is 644 g/mol. The van der Waals surface area contributed by atoms with Crippen LogP contribution < -0.4 is 14.5 Å². The number of sulfonamides is 1. The van der Waals surface area contributed by atoms with E-state index in [1.807, 2.05) is 55.7 Å². The van der Waals surface area contributed by atoms with Gasteiger partial charge in [-0.15, -0.1) is 0 Å². The molecule has 0 atom stereocenters. The van der Waals surface area contributed by atoms with Gasteiger partial charge in [0.05, 0.1) is 28.4 Å². The minimum absolute atomic E-state index is 0.00510. The predicted octanol–water partition coefficient (Wildman–Crippen LogP) is 6.17. The highest BCUT2D eigenvalue weighted by Crippen LogP contribution is 2.31. The number of nitrogens with zero attached hydrogens (tertiary/aromatic N) is 3. The molecule has 208 valence electrons. The molecule has 0 aliphatic carbocycles. The highest BCUT2D eigenvalue weighted by atomic mass is 79.9. The van der Waals surface area contributed by atoms with Crippen LogP contribution in [0.2, 0.25) is 5.02 Å². The Kier molecular flexibility index (Phi) is 9.02. The number of amides is 1. The van der Waals surface area contributed by atoms with Gasteiger partial charge in [-0.25, -0.2) is 13.8 Å². The highest BCUT2D eigenvalue weighted by Gasteiger charge is 2.28. The number of hydrazone groups is 1. The van der Waals surface area contributed by atoms with E-state index >= 15 is 0 Å². The van der Waals surface area contributed by atoms with Crippen LogP contribution in [0.5, 0.6) is 5.75 Å². The first-order chi connectivity index (χ1) is 19.0. The smallest absolute Gasteiger partial charge is 0.264 e. The zero-order valence-corrected chi connectivity index (χ0v) is 25.5. The fourth-order valence-electron chi connectivity index (χ4n) is 4.23. The minimum atomic E-state index is -4.11. The Labute approximate surface area is 247 Å². The molecular weight excluding hydrogens is 616 g/mol. The van der Waals surface area contributed by atoms with Gasteiger partial charge in [-0.05, 0) is 91.3 Å². The van der Waals surface area contributed by atoms with Crippen molar-refractivity contribution < 1.29 is 17.9 Å². The SMILES string of the molecule is COc1ccc(S(=O)(=O)N(CC(=O)N/N=C/c2cc(C)n(-c3cccc(Cl)c3)c2C)c2ccc(C)cc2)cc1Br. The van der Waals surface area contributed by atoms with Crippen LogP contribution in [0.4, 0.5) is 5.69 Å². The summed E-state index contributed by atoms with van der Waals surface area (Å²) in [6.45, 7) is 5.32. The van der Waals surface area contributed by atoms with Crippen LogP contribution in [0, 0.1) is 20.8 Å². The highest BCUT2D eigenvalue weighted by molar-refractivity contribution is 9.10. The zero-order chi connectivity index (χ0) is 29.0. The lowest BCUT2D eigenvalue weighted by molar-refractivity contribution is -0.119. The first-order valence-electron chi connectivity index (χ1n) is 12.2. The fraction of sp³-hybridized carbons (Fsp3) is 0.172. The number of aryl methyl sites for hydroxylation is 2. The van der Waals surface area contributed by atoms with E-state index in [9.17, 15) is 13.2 Å². The summed E-state index contributed by atoms with van der Waals surface area (Å²) in [5.41, 5.74) is 7.35. The third kappa shape index (κ3) is 6.41. The summed E-state index contributed by atoms with van der Waals surface area (Å²) in [6, 6.07) is 20.8. The Morgan fingerprint density at radius 3 is 2.45 bits per heavy atom. The summed E-state index contributed by atoms with van der Waals surface area (Å²) in [7, 11) is -2.62. The Balaban J connectivity index is 1.57. The first-order valence-corrected chi connectivity index (χ1v) is 14.8. The third-order valence-corrected chi connectivity index (χ3v) is 8.87. The number of carbonyl (C=O) groups excluding carboxylic acids is 1. The number of anilines is 1. The molecule has 0 aliphatic rings. The molecule has 0 unspecified atom stereocenters. The molecular formula is C29H28BrClN4O4S. The maximum Gasteiger partial charge on any atom is 0.264 e. The van der Waals surface area contributed by atoms with Gasteiger partial charge in [-0.2, -0.15) is 5.10 Å². The number of rotatable bonds is 9. The van der Waals surface area contributed by atoms with Gasteiger partial charge < -0.3 is 9.30 Å². The second-order valence-electron chi connectivity index (χ2n) is 9.08. The van der Waals surface area contributed by atoms with Gasteiger partial charge in [0.1, 0.15) is 12.3 Å². The average Bonchev–Trinajstić information content (AvgIpc) is 3.20. The van der Waals surface area contributed by atoms with Crippen LogP contribution in [-0.4, -0.2) is 38.8 Å². The van der Waals surface area contributed by atoms with E-state index in [1.165, 1.54) is 25.5 Å². The van der Waals surface area contributed by atoms with Crippen LogP contribution >= 0.6 is 27.5 Å². The Morgan fingerprint density at radius 1 is 1.07 bits per heavy atom. The second kappa shape index (κ2) is 12.3. The quantitative estimate of drug-likeness (QED) is 0.174. The molecule has 1 heterocycles. The van der Waals surface area contributed by atoms with Crippen molar-refractivity contribution in [3.05, 3.63) is 105 Å². The molecule has 40 heavy (non-hydrogen) atoms. The van der Waals surface area contributed by atoms with Gasteiger partial charge in [0.25, 0.3) is 15.9 Å². The lowest BCUT2D eigenvalue weighted by atomic mass is 10.2. The molecule has 0 spiro atoms. The van der Waals surface area contributed by atoms with Gasteiger partial charge in [0.2, 0.25) is 0 Å². The van der Waals surface area contributed by atoms with Crippen molar-refractivity contribution in [2.24, 2.45) is 5.10 Å². The van der Waals surface area contributed by atoms with Crippen LogP contribution in [0.15, 0.2) is 87.3 Å². The monoisotopic (exact) mass is 642 g/mol. The summed E-state index contributed by atoms with van der Waals surface area (Å²) < 4.78 is 36.1. The maximum absolute atomic E-state index is 13.7. The molecule has 8 nitrogen and oxygen atoms in total. The zero-order valence-electron chi connectivity index (χ0n) is 22.4. The molecule has 3 aromatic carbocycles. The van der Waals surface area contributed by atoms with Gasteiger partial charge in [-0.1, -0.05) is 35.4 Å². The third-order valence-electron chi connectivity index (χ3n) is 6.25. The van der Waals surface area contributed by atoms with E-state index in [4.69, 9.17) is 16.3 Å². The largest absolute Gasteiger partial charge is 0.496 e. The van der Waals surface area contributed by atoms with Gasteiger partial charge >= 0.3 is 0 Å². The van der Waals surface area contributed by atoms with Crippen LogP contribution in [0.3, 0.4) is 0 Å². The van der Waals surface area contributed by atoms with Crippen molar-refractivity contribution in [1.29, 1.82) is 0 Å². The van der Waals surface area contributed by atoms with E-state index in [0.29, 0.717) is 20.9 Å². The van der Waals surface area contributed by atoms with Crippen molar-refractivity contribution in [3.63, 3.8) is 0 Å². The molecule has 0 bridgehead atoms. The first kappa shape index (κ1) is 29.4. The number of aromatic nitrogens is 1. The molecule has 11 heteroatoms. The van der Waals surface area contributed by atoms with Crippen LogP contribution in [0.1, 0.15) is 22.5 Å². The number of benzene rings is 3. The topological polar surface area (TPSA) is 93.0 Å². The molecule has 0 saturated carbocycles. The number of carbonyl (C=O) groups is 1. The summed E-state index contributed by atoms with van der Waals surface area (Å²) in [5.74, 6) is -0.112. The standard InChI is InChI=1S/C29H28BrClN4O4S/c1-19-8-10-24(11-9-19)34(40(37,38)26-12-13-28(39-4)27(30)16-26)18-29(36)33-32-17-22-14-20(2)35(21(22)3)25-7-5-6-23(31)15-25/h5-17H,18H2,1-4H3,(H,33,36)/b32-17+. The maximum atomic E-state index is 13.7. The van der Waals surface area contributed by atoms with Crippen molar-refractivity contribution in [2.45, 2.75) is 25.7 Å². The fourth-order valence-corrected chi connectivity index (χ4v) is 6.56. The summed E-state index contributed by atoms with van der Waals surface area (Å²) in [6.07, 6.45) is 1.53. The molecule has 4 rings (SSSR count). The van der Waals surface area contributed by atoms with E-state index in [-0.39, 0.29) is 4.90 Å². The predicted molar refractivity (Wildman–Crippen MR) is 162 cm³/mol. The van der Waals surface area contributed by atoms with Crippen molar-refractivity contribution in [3.8, 4) is 11.4 Å². The van der Waals surface area contributed by atoms with E-state index < -0.39 is 22.5 Å².